The molecular weight excluding hydrogens is 452 g/mol. The number of carbonyl (C=O) groups excluding carboxylic acids is 1. The van der Waals surface area contributed by atoms with Crippen molar-refractivity contribution in [1.29, 1.82) is 0 Å². The van der Waals surface area contributed by atoms with E-state index in [0.29, 0.717) is 30.8 Å². The van der Waals surface area contributed by atoms with E-state index in [-0.39, 0.29) is 24.1 Å². The lowest BCUT2D eigenvalue weighted by Gasteiger charge is -2.51. The number of imidazole rings is 1. The first-order valence-corrected chi connectivity index (χ1v) is 12.8. The summed E-state index contributed by atoms with van der Waals surface area (Å²) in [5.74, 6) is 0.0344. The summed E-state index contributed by atoms with van der Waals surface area (Å²) in [6.45, 7) is 0.310. The van der Waals surface area contributed by atoms with Crippen LogP contribution in [0, 0.1) is 0 Å². The molecule has 2 saturated heterocycles. The number of ether oxygens (including phenoxy) is 1. The summed E-state index contributed by atoms with van der Waals surface area (Å²) in [5, 5.41) is 16.2. The minimum absolute atomic E-state index is 0.0344. The van der Waals surface area contributed by atoms with Gasteiger partial charge in [0.2, 0.25) is 0 Å². The van der Waals surface area contributed by atoms with E-state index in [1.807, 2.05) is 29.2 Å². The predicted molar refractivity (Wildman–Crippen MR) is 134 cm³/mol. The number of hydrogen-bond acceptors (Lipinski definition) is 5. The van der Waals surface area contributed by atoms with Gasteiger partial charge in [-0.15, -0.1) is 0 Å². The second-order valence-electron chi connectivity index (χ2n) is 10.3. The zero-order valence-electron chi connectivity index (χ0n) is 20.0. The smallest absolute Gasteiger partial charge is 0.410 e. The molecule has 2 bridgehead atoms. The predicted octanol–water partition coefficient (Wildman–Crippen LogP) is 4.88. The molecule has 7 rings (SSSR count). The molecule has 1 amide bonds. The third-order valence-electron chi connectivity index (χ3n) is 8.31. The van der Waals surface area contributed by atoms with E-state index < -0.39 is 5.60 Å². The normalized spacial score (nSPS) is 25.0. The molecule has 1 N–H and O–H groups in total. The fourth-order valence-electron chi connectivity index (χ4n) is 6.75. The van der Waals surface area contributed by atoms with Crippen LogP contribution in [-0.2, 0) is 10.3 Å². The number of benzene rings is 2. The molecule has 0 saturated carbocycles. The maximum absolute atomic E-state index is 13.5. The number of fused-ring (bicyclic) bond motifs is 6. The largest absolute Gasteiger partial charge is 0.448 e. The van der Waals surface area contributed by atoms with Crippen LogP contribution in [0.5, 0.6) is 0 Å². The van der Waals surface area contributed by atoms with E-state index >= 15 is 0 Å². The van der Waals surface area contributed by atoms with Crippen LogP contribution in [-0.4, -0.2) is 49.4 Å². The summed E-state index contributed by atoms with van der Waals surface area (Å²) in [5.41, 5.74) is 5.18. The van der Waals surface area contributed by atoms with Crippen LogP contribution in [0.15, 0.2) is 73.1 Å². The highest BCUT2D eigenvalue weighted by atomic mass is 16.6. The Hall–Kier alpha value is -3.71. The molecule has 2 aliphatic heterocycles. The molecule has 3 aliphatic rings. The lowest BCUT2D eigenvalue weighted by molar-refractivity contribution is -0.0921. The van der Waals surface area contributed by atoms with Gasteiger partial charge in [-0.25, -0.2) is 14.3 Å². The molecule has 4 heterocycles. The van der Waals surface area contributed by atoms with Crippen molar-refractivity contribution in [3.63, 3.8) is 0 Å². The average molecular weight is 481 g/mol. The lowest BCUT2D eigenvalue weighted by atomic mass is 9.74. The number of piperidine rings is 2. The molecule has 0 spiro atoms. The first-order chi connectivity index (χ1) is 17.6. The zero-order chi connectivity index (χ0) is 24.3. The summed E-state index contributed by atoms with van der Waals surface area (Å²) >= 11 is 0. The molecule has 2 unspecified atom stereocenters. The number of aliphatic hydroxyl groups is 1. The average Bonchev–Trinajstić information content (AvgIpc) is 3.47. The van der Waals surface area contributed by atoms with Gasteiger partial charge in [-0.1, -0.05) is 48.5 Å². The molecule has 4 aromatic rings. The molecule has 2 atom stereocenters. The molecule has 2 aromatic carbocycles. The molecular formula is C29H28N4O3. The van der Waals surface area contributed by atoms with Gasteiger partial charge in [0.15, 0.2) is 5.65 Å². The number of hydrogen-bond donors (Lipinski definition) is 1. The summed E-state index contributed by atoms with van der Waals surface area (Å²) in [6, 6.07) is 20.3. The van der Waals surface area contributed by atoms with Gasteiger partial charge in [-0.2, -0.15) is 5.10 Å². The summed E-state index contributed by atoms with van der Waals surface area (Å²) in [4.78, 5) is 19.8. The van der Waals surface area contributed by atoms with E-state index in [9.17, 15) is 9.90 Å². The summed E-state index contributed by atoms with van der Waals surface area (Å²) < 4.78 is 7.74. The number of nitrogens with zero attached hydrogens (tertiary/aromatic N) is 4. The van der Waals surface area contributed by atoms with Gasteiger partial charge in [0.05, 0.1) is 11.9 Å². The standard InChI is InChI=1S/C29H28N4O3/c34-28(36-18-25-23-11-3-1-9-21(23)22-10-2-4-12-24(22)25)32-19-7-5-8-20(32)16-29(35,15-19)26-17-30-27-13-6-14-31-33(26)27/h1-4,6,9-14,17,19-20,25,35H,5,7-8,15-16,18H2. The van der Waals surface area contributed by atoms with Crippen LogP contribution in [0.1, 0.15) is 54.8 Å². The van der Waals surface area contributed by atoms with E-state index in [4.69, 9.17) is 4.74 Å². The van der Waals surface area contributed by atoms with Gasteiger partial charge < -0.3 is 14.7 Å². The van der Waals surface area contributed by atoms with Crippen molar-refractivity contribution in [2.24, 2.45) is 0 Å². The molecule has 36 heavy (non-hydrogen) atoms. The third kappa shape index (κ3) is 3.26. The van der Waals surface area contributed by atoms with Gasteiger partial charge in [0.25, 0.3) is 0 Å². The fourth-order valence-corrected chi connectivity index (χ4v) is 6.75. The SMILES string of the molecule is O=C(OCC1c2ccccc2-c2ccccc21)N1C2CCCC1CC(O)(c1cnc3cccnn13)C2. The highest BCUT2D eigenvalue weighted by molar-refractivity contribution is 5.79. The van der Waals surface area contributed by atoms with Crippen LogP contribution in [0.25, 0.3) is 16.8 Å². The highest BCUT2D eigenvalue weighted by Crippen LogP contribution is 2.46. The summed E-state index contributed by atoms with van der Waals surface area (Å²) in [7, 11) is 0. The van der Waals surface area contributed by atoms with E-state index in [1.165, 1.54) is 22.3 Å². The van der Waals surface area contributed by atoms with Crippen molar-refractivity contribution in [2.45, 2.75) is 55.7 Å². The third-order valence-corrected chi connectivity index (χ3v) is 8.31. The monoisotopic (exact) mass is 480 g/mol. The van der Waals surface area contributed by atoms with Gasteiger partial charge >= 0.3 is 6.09 Å². The second kappa shape index (κ2) is 8.17. The van der Waals surface area contributed by atoms with Crippen LogP contribution in [0.2, 0.25) is 0 Å². The minimum Gasteiger partial charge on any atom is -0.448 e. The lowest BCUT2D eigenvalue weighted by Crippen LogP contribution is -2.59. The highest BCUT2D eigenvalue weighted by Gasteiger charge is 2.50. The molecule has 2 fully saturated rings. The number of amides is 1. The molecule has 2 aromatic heterocycles. The Balaban J connectivity index is 1.12. The van der Waals surface area contributed by atoms with Crippen LogP contribution in [0.4, 0.5) is 4.79 Å². The van der Waals surface area contributed by atoms with Crippen molar-refractivity contribution in [1.82, 2.24) is 19.5 Å². The van der Waals surface area contributed by atoms with E-state index in [1.54, 1.807) is 16.9 Å². The van der Waals surface area contributed by atoms with Crippen LogP contribution >= 0.6 is 0 Å². The van der Waals surface area contributed by atoms with Crippen molar-refractivity contribution < 1.29 is 14.6 Å². The molecule has 7 nitrogen and oxygen atoms in total. The fraction of sp³-hybridized carbons (Fsp3) is 0.345. The number of rotatable bonds is 3. The molecule has 0 radical (unpaired) electrons. The van der Waals surface area contributed by atoms with Gasteiger partial charge in [0, 0.05) is 37.0 Å². The van der Waals surface area contributed by atoms with Gasteiger partial charge in [0.1, 0.15) is 12.2 Å². The number of aromatic nitrogens is 3. The Labute approximate surface area is 209 Å². The maximum Gasteiger partial charge on any atom is 0.410 e. The summed E-state index contributed by atoms with van der Waals surface area (Å²) in [6.07, 6.45) is 6.82. The van der Waals surface area contributed by atoms with E-state index in [2.05, 4.69) is 46.5 Å². The number of carbonyl (C=O) groups is 1. The molecule has 1 aliphatic carbocycles. The Morgan fingerprint density at radius 2 is 1.64 bits per heavy atom. The topological polar surface area (TPSA) is 80.0 Å². The van der Waals surface area contributed by atoms with Crippen molar-refractivity contribution in [3.05, 3.63) is 89.9 Å². The minimum atomic E-state index is -1.08. The molecule has 7 heteroatoms. The second-order valence-corrected chi connectivity index (χ2v) is 10.3. The first kappa shape index (κ1) is 21.6. The van der Waals surface area contributed by atoms with Gasteiger partial charge in [-0.05, 0) is 53.6 Å². The van der Waals surface area contributed by atoms with Gasteiger partial charge in [-0.3, -0.25) is 0 Å². The van der Waals surface area contributed by atoms with Crippen molar-refractivity contribution in [3.8, 4) is 11.1 Å². The zero-order valence-corrected chi connectivity index (χ0v) is 20.0. The Morgan fingerprint density at radius 1 is 0.972 bits per heavy atom. The quantitative estimate of drug-likeness (QED) is 0.452. The Bertz CT molecular complexity index is 1400. The Kier molecular flexibility index (Phi) is 4.89. The van der Waals surface area contributed by atoms with Crippen LogP contribution in [0.3, 0.4) is 0 Å². The molecule has 182 valence electrons. The van der Waals surface area contributed by atoms with Crippen LogP contribution < -0.4 is 0 Å². The maximum atomic E-state index is 13.5. The van der Waals surface area contributed by atoms with E-state index in [0.717, 1.165) is 19.3 Å². The van der Waals surface area contributed by atoms with Crippen molar-refractivity contribution in [2.75, 3.05) is 6.61 Å². The Morgan fingerprint density at radius 3 is 2.33 bits per heavy atom. The van der Waals surface area contributed by atoms with Crippen molar-refractivity contribution >= 4 is 11.7 Å². The first-order valence-electron chi connectivity index (χ1n) is 12.8.